The summed E-state index contributed by atoms with van der Waals surface area (Å²) in [5.41, 5.74) is 2.17. The molecule has 0 aliphatic heterocycles. The molecule has 0 saturated heterocycles. The molecule has 0 fully saturated rings. The predicted molar refractivity (Wildman–Crippen MR) is 96.9 cm³/mol. The van der Waals surface area contributed by atoms with Crippen molar-refractivity contribution < 1.29 is 9.31 Å². The molecule has 0 saturated carbocycles. The van der Waals surface area contributed by atoms with Crippen LogP contribution in [0.5, 0.6) is 0 Å². The molecule has 0 bridgehead atoms. The van der Waals surface area contributed by atoms with Crippen molar-refractivity contribution in [2.75, 3.05) is 10.6 Å². The third kappa shape index (κ3) is 3.92. The number of para-hydroxylation sites is 1. The van der Waals surface area contributed by atoms with Gasteiger partial charge in [0, 0.05) is 12.2 Å². The molecule has 0 radical (unpaired) electrons. The second-order valence-electron chi connectivity index (χ2n) is 5.60. The highest BCUT2D eigenvalue weighted by molar-refractivity contribution is 5.74. The number of anilines is 3. The molecule has 0 aliphatic carbocycles. The molecule has 0 unspecified atom stereocenters. The number of hydrogen-bond donors (Lipinski definition) is 2. The van der Waals surface area contributed by atoms with Crippen LogP contribution in [0.4, 0.5) is 27.4 Å². The predicted octanol–water partition coefficient (Wildman–Crippen LogP) is 4.19. The summed E-state index contributed by atoms with van der Waals surface area (Å²) in [5.74, 6) is -0.155. The summed E-state index contributed by atoms with van der Waals surface area (Å²) in [6.07, 6.45) is 1.25. The van der Waals surface area contributed by atoms with Crippen molar-refractivity contribution in [3.63, 3.8) is 0 Å². The molecule has 26 heavy (non-hydrogen) atoms. The Morgan fingerprint density at radius 1 is 1.08 bits per heavy atom. The fraction of sp³-hybridized carbons (Fsp3) is 0.111. The lowest BCUT2D eigenvalue weighted by Gasteiger charge is -2.11. The lowest BCUT2D eigenvalue weighted by atomic mass is 10.2. The zero-order chi connectivity index (χ0) is 18.5. The largest absolute Gasteiger partial charge is 0.360 e. The van der Waals surface area contributed by atoms with Gasteiger partial charge < -0.3 is 10.6 Å². The molecule has 1 aromatic heterocycles. The molecule has 1 heterocycles. The molecule has 0 amide bonds. The smallest absolute Gasteiger partial charge is 0.353 e. The van der Waals surface area contributed by atoms with Gasteiger partial charge in [-0.2, -0.15) is 0 Å². The van der Waals surface area contributed by atoms with Gasteiger partial charge in [0.25, 0.3) is 0 Å². The number of nitro groups is 1. The zero-order valence-electron chi connectivity index (χ0n) is 13.9. The van der Waals surface area contributed by atoms with E-state index in [1.165, 1.54) is 18.5 Å². The first-order chi connectivity index (χ1) is 12.5. The number of nitrogens with zero attached hydrogens (tertiary/aromatic N) is 3. The first-order valence-electron chi connectivity index (χ1n) is 7.85. The highest BCUT2D eigenvalue weighted by Crippen LogP contribution is 2.32. The van der Waals surface area contributed by atoms with Gasteiger partial charge in [-0.25, -0.2) is 14.4 Å². The molecule has 0 spiro atoms. The van der Waals surface area contributed by atoms with Crippen LogP contribution < -0.4 is 10.6 Å². The fourth-order valence-electron chi connectivity index (χ4n) is 2.40. The van der Waals surface area contributed by atoms with Crippen molar-refractivity contribution in [2.45, 2.75) is 13.5 Å². The molecule has 0 aliphatic rings. The van der Waals surface area contributed by atoms with Crippen molar-refractivity contribution in [3.05, 3.63) is 81.9 Å². The summed E-state index contributed by atoms with van der Waals surface area (Å²) in [4.78, 5) is 19.0. The highest BCUT2D eigenvalue weighted by atomic mass is 19.1. The van der Waals surface area contributed by atoms with E-state index < -0.39 is 4.92 Å². The summed E-state index contributed by atoms with van der Waals surface area (Å²) < 4.78 is 13.0. The molecule has 132 valence electrons. The molecule has 2 N–H and O–H groups in total. The van der Waals surface area contributed by atoms with E-state index >= 15 is 0 Å². The maximum absolute atomic E-state index is 13.0. The number of rotatable bonds is 6. The summed E-state index contributed by atoms with van der Waals surface area (Å²) in [6, 6.07) is 13.3. The van der Waals surface area contributed by atoms with Gasteiger partial charge in [0.05, 0.1) is 4.92 Å². The summed E-state index contributed by atoms with van der Waals surface area (Å²) in [5, 5.41) is 17.5. The van der Waals surface area contributed by atoms with E-state index in [0.29, 0.717) is 0 Å². The normalized spacial score (nSPS) is 10.4. The van der Waals surface area contributed by atoms with Crippen LogP contribution in [-0.4, -0.2) is 14.9 Å². The number of aromatic nitrogens is 2. The lowest BCUT2D eigenvalue weighted by Crippen LogP contribution is -2.08. The Bertz CT molecular complexity index is 931. The Kier molecular flexibility index (Phi) is 5.02. The average Bonchev–Trinajstić information content (AvgIpc) is 2.63. The van der Waals surface area contributed by atoms with Crippen LogP contribution in [0.2, 0.25) is 0 Å². The van der Waals surface area contributed by atoms with Gasteiger partial charge in [0.1, 0.15) is 12.1 Å². The molecule has 8 heteroatoms. The van der Waals surface area contributed by atoms with E-state index in [4.69, 9.17) is 0 Å². The minimum atomic E-state index is -0.534. The summed E-state index contributed by atoms with van der Waals surface area (Å²) >= 11 is 0. The van der Waals surface area contributed by atoms with Gasteiger partial charge in [-0.05, 0) is 36.2 Å². The van der Waals surface area contributed by atoms with Crippen molar-refractivity contribution in [1.82, 2.24) is 9.97 Å². The van der Waals surface area contributed by atoms with Crippen LogP contribution in [0.1, 0.15) is 11.1 Å². The Morgan fingerprint density at radius 2 is 1.77 bits per heavy atom. The van der Waals surface area contributed by atoms with Crippen LogP contribution >= 0.6 is 0 Å². The number of hydrogen-bond acceptors (Lipinski definition) is 6. The second kappa shape index (κ2) is 7.56. The van der Waals surface area contributed by atoms with E-state index in [1.807, 2.05) is 31.2 Å². The Hall–Kier alpha value is -3.55. The first-order valence-corrected chi connectivity index (χ1v) is 7.85. The van der Waals surface area contributed by atoms with Crippen molar-refractivity contribution >= 4 is 23.0 Å². The quantitative estimate of drug-likeness (QED) is 0.510. The second-order valence-corrected chi connectivity index (χ2v) is 5.60. The van der Waals surface area contributed by atoms with E-state index in [2.05, 4.69) is 20.6 Å². The highest BCUT2D eigenvalue weighted by Gasteiger charge is 2.23. The zero-order valence-corrected chi connectivity index (χ0v) is 13.9. The third-order valence-electron chi connectivity index (χ3n) is 3.78. The molecule has 3 aromatic rings. The summed E-state index contributed by atoms with van der Waals surface area (Å²) in [7, 11) is 0. The topological polar surface area (TPSA) is 93.0 Å². The number of benzene rings is 2. The molecule has 0 atom stereocenters. The van der Waals surface area contributed by atoms with Gasteiger partial charge in [-0.15, -0.1) is 0 Å². The maximum atomic E-state index is 13.0. The minimum absolute atomic E-state index is 0.0883. The molecule has 3 rings (SSSR count). The minimum Gasteiger partial charge on any atom is -0.360 e. The lowest BCUT2D eigenvalue weighted by molar-refractivity contribution is -0.383. The van der Waals surface area contributed by atoms with E-state index in [0.717, 1.165) is 16.8 Å². The van der Waals surface area contributed by atoms with Crippen molar-refractivity contribution in [3.8, 4) is 0 Å². The Balaban J connectivity index is 1.87. The number of nitrogens with one attached hydrogen (secondary N) is 2. The number of aryl methyl sites for hydroxylation is 1. The van der Waals surface area contributed by atoms with Crippen molar-refractivity contribution in [2.24, 2.45) is 0 Å². The van der Waals surface area contributed by atoms with E-state index in [1.54, 1.807) is 12.1 Å². The van der Waals surface area contributed by atoms with Crippen LogP contribution in [-0.2, 0) is 6.54 Å². The maximum Gasteiger partial charge on any atom is 0.353 e. The third-order valence-corrected chi connectivity index (χ3v) is 3.78. The van der Waals surface area contributed by atoms with E-state index in [-0.39, 0.29) is 29.7 Å². The van der Waals surface area contributed by atoms with Crippen LogP contribution in [0.15, 0.2) is 54.9 Å². The van der Waals surface area contributed by atoms with Crippen LogP contribution in [0.3, 0.4) is 0 Å². The first kappa shape index (κ1) is 17.3. The molecular weight excluding hydrogens is 337 g/mol. The van der Waals surface area contributed by atoms with Crippen LogP contribution in [0.25, 0.3) is 0 Å². The van der Waals surface area contributed by atoms with Gasteiger partial charge in [0.15, 0.2) is 0 Å². The molecule has 7 nitrogen and oxygen atoms in total. The fourth-order valence-corrected chi connectivity index (χ4v) is 2.40. The van der Waals surface area contributed by atoms with Gasteiger partial charge in [-0.1, -0.05) is 30.3 Å². The number of halogens is 1. The SMILES string of the molecule is Cc1ccccc1Nc1ncnc(NCc2ccc(F)cc2)c1[N+](=O)[O-]. The van der Waals surface area contributed by atoms with Gasteiger partial charge in [-0.3, -0.25) is 10.1 Å². The Morgan fingerprint density at radius 3 is 2.46 bits per heavy atom. The van der Waals surface area contributed by atoms with E-state index in [9.17, 15) is 14.5 Å². The Labute approximate surface area is 149 Å². The summed E-state index contributed by atoms with van der Waals surface area (Å²) in [6.45, 7) is 2.16. The average molecular weight is 353 g/mol. The van der Waals surface area contributed by atoms with Gasteiger partial charge in [0.2, 0.25) is 11.6 Å². The van der Waals surface area contributed by atoms with Crippen LogP contribution in [0, 0.1) is 22.9 Å². The van der Waals surface area contributed by atoms with Crippen molar-refractivity contribution in [1.29, 1.82) is 0 Å². The standard InChI is InChI=1S/C18H16FN5O2/c1-12-4-2-3-5-15(12)23-18-16(24(25)26)17(21-11-22-18)20-10-13-6-8-14(19)9-7-13/h2-9,11H,10H2,1H3,(H2,20,21,22,23). The molecular formula is C18H16FN5O2. The monoisotopic (exact) mass is 353 g/mol. The van der Waals surface area contributed by atoms with Gasteiger partial charge >= 0.3 is 5.69 Å². The molecule has 2 aromatic carbocycles.